The first-order chi connectivity index (χ1) is 9.19. The molecule has 0 radical (unpaired) electrons. The summed E-state index contributed by atoms with van der Waals surface area (Å²) in [6.45, 7) is 3.68. The Kier molecular flexibility index (Phi) is 4.37. The fourth-order valence-corrected chi connectivity index (χ4v) is 2.43. The monoisotopic (exact) mass is 263 g/mol. The van der Waals surface area contributed by atoms with Crippen LogP contribution < -0.4 is 5.32 Å². The van der Waals surface area contributed by atoms with Gasteiger partial charge in [0.15, 0.2) is 0 Å². The predicted octanol–water partition coefficient (Wildman–Crippen LogP) is 2.10. The minimum absolute atomic E-state index is 0.00176. The van der Waals surface area contributed by atoms with Crippen molar-refractivity contribution in [2.24, 2.45) is 5.41 Å². The van der Waals surface area contributed by atoms with Crippen molar-refractivity contribution in [2.45, 2.75) is 26.2 Å². The van der Waals surface area contributed by atoms with Crippen LogP contribution in [0.15, 0.2) is 24.4 Å². The van der Waals surface area contributed by atoms with Crippen molar-refractivity contribution in [3.63, 3.8) is 0 Å². The highest BCUT2D eigenvalue weighted by Crippen LogP contribution is 2.34. The molecule has 2 heterocycles. The molecule has 0 unspecified atom stereocenters. The summed E-state index contributed by atoms with van der Waals surface area (Å²) < 4.78 is 0. The molecular formula is C14H21N3O2. The Morgan fingerprint density at radius 3 is 2.74 bits per heavy atom. The van der Waals surface area contributed by atoms with Crippen molar-refractivity contribution < 1.29 is 9.90 Å². The van der Waals surface area contributed by atoms with E-state index in [-0.39, 0.29) is 18.1 Å². The van der Waals surface area contributed by atoms with Crippen LogP contribution in [0.1, 0.15) is 26.2 Å². The predicted molar refractivity (Wildman–Crippen MR) is 73.9 cm³/mol. The third-order valence-electron chi connectivity index (χ3n) is 4.10. The second-order valence-electron chi connectivity index (χ2n) is 5.14. The number of pyridine rings is 1. The maximum absolute atomic E-state index is 12.1. The van der Waals surface area contributed by atoms with Crippen molar-refractivity contribution in [2.75, 3.05) is 25.0 Å². The topological polar surface area (TPSA) is 65.5 Å². The molecule has 5 nitrogen and oxygen atoms in total. The molecule has 2 N–H and O–H groups in total. The number of carbonyl (C=O) groups excluding carboxylic acids is 1. The number of rotatable bonds is 3. The molecule has 2 rings (SSSR count). The number of carbonyl (C=O) groups is 1. The summed E-state index contributed by atoms with van der Waals surface area (Å²) >= 11 is 0. The third-order valence-corrected chi connectivity index (χ3v) is 4.10. The van der Waals surface area contributed by atoms with Gasteiger partial charge in [-0.2, -0.15) is 0 Å². The molecule has 1 aliphatic heterocycles. The molecule has 0 atom stereocenters. The van der Waals surface area contributed by atoms with E-state index in [2.05, 4.69) is 17.2 Å². The Morgan fingerprint density at radius 1 is 1.47 bits per heavy atom. The zero-order valence-corrected chi connectivity index (χ0v) is 11.3. The fourth-order valence-electron chi connectivity index (χ4n) is 2.43. The standard InChI is InChI=1S/C14H21N3O2/c1-2-14(11-18)6-9-17(10-7-14)13(19)16-12-5-3-4-8-15-12/h3-5,8,18H,2,6-7,9-11H2,1H3,(H,15,16,19). The summed E-state index contributed by atoms with van der Waals surface area (Å²) in [6.07, 6.45) is 4.32. The molecule has 0 spiro atoms. The quantitative estimate of drug-likeness (QED) is 0.877. The molecule has 0 bridgehead atoms. The first-order valence-corrected chi connectivity index (χ1v) is 6.77. The van der Waals surface area contributed by atoms with Crippen LogP contribution in [0.4, 0.5) is 10.6 Å². The first kappa shape index (κ1) is 13.8. The zero-order chi connectivity index (χ0) is 13.7. The summed E-state index contributed by atoms with van der Waals surface area (Å²) in [4.78, 5) is 17.9. The molecule has 2 amide bonds. The Morgan fingerprint density at radius 2 is 2.21 bits per heavy atom. The maximum atomic E-state index is 12.1. The maximum Gasteiger partial charge on any atom is 0.323 e. The van der Waals surface area contributed by atoms with E-state index >= 15 is 0 Å². The average molecular weight is 263 g/mol. The number of hydrogen-bond acceptors (Lipinski definition) is 3. The van der Waals surface area contributed by atoms with Crippen LogP contribution in [0, 0.1) is 5.41 Å². The molecule has 1 aliphatic rings. The summed E-state index contributed by atoms with van der Waals surface area (Å²) in [6, 6.07) is 5.31. The number of amides is 2. The smallest absolute Gasteiger partial charge is 0.323 e. The fraction of sp³-hybridized carbons (Fsp3) is 0.571. The molecular weight excluding hydrogens is 242 g/mol. The lowest BCUT2D eigenvalue weighted by Gasteiger charge is -2.40. The van der Waals surface area contributed by atoms with Gasteiger partial charge in [0.25, 0.3) is 0 Å². The molecule has 0 saturated carbocycles. The highest BCUT2D eigenvalue weighted by atomic mass is 16.3. The van der Waals surface area contributed by atoms with Crippen molar-refractivity contribution >= 4 is 11.8 Å². The molecule has 1 saturated heterocycles. The van der Waals surface area contributed by atoms with Gasteiger partial charge in [-0.25, -0.2) is 9.78 Å². The van der Waals surface area contributed by atoms with Crippen molar-refractivity contribution in [1.29, 1.82) is 0 Å². The van der Waals surface area contributed by atoms with Gasteiger partial charge in [0, 0.05) is 25.9 Å². The number of piperidine rings is 1. The summed E-state index contributed by atoms with van der Waals surface area (Å²) in [5.74, 6) is 0.571. The first-order valence-electron chi connectivity index (χ1n) is 6.77. The van der Waals surface area contributed by atoms with E-state index in [1.807, 2.05) is 12.1 Å². The van der Waals surface area contributed by atoms with Gasteiger partial charge in [-0.05, 0) is 36.8 Å². The normalized spacial score (nSPS) is 18.1. The molecule has 1 fully saturated rings. The van der Waals surface area contributed by atoms with E-state index in [1.54, 1.807) is 17.2 Å². The number of nitrogens with zero attached hydrogens (tertiary/aromatic N) is 2. The summed E-state index contributed by atoms with van der Waals surface area (Å²) in [5.41, 5.74) is 0.00176. The lowest BCUT2D eigenvalue weighted by molar-refractivity contribution is 0.0542. The second-order valence-corrected chi connectivity index (χ2v) is 5.14. The van der Waals surface area contributed by atoms with Crippen LogP contribution in [-0.2, 0) is 0 Å². The number of nitrogens with one attached hydrogen (secondary N) is 1. The number of anilines is 1. The number of likely N-dealkylation sites (tertiary alicyclic amines) is 1. The summed E-state index contributed by atoms with van der Waals surface area (Å²) in [7, 11) is 0. The molecule has 104 valence electrons. The molecule has 0 aliphatic carbocycles. The Hall–Kier alpha value is -1.62. The van der Waals surface area contributed by atoms with Crippen LogP contribution in [-0.4, -0.2) is 40.7 Å². The largest absolute Gasteiger partial charge is 0.396 e. The van der Waals surface area contributed by atoms with Gasteiger partial charge in [0.1, 0.15) is 5.82 Å². The Balaban J connectivity index is 1.89. The SMILES string of the molecule is CCC1(CO)CCN(C(=O)Nc2ccccn2)CC1. The van der Waals surface area contributed by atoms with E-state index in [0.29, 0.717) is 18.9 Å². The van der Waals surface area contributed by atoms with Gasteiger partial charge in [0.2, 0.25) is 0 Å². The number of urea groups is 1. The van der Waals surface area contributed by atoms with Crippen molar-refractivity contribution in [1.82, 2.24) is 9.88 Å². The van der Waals surface area contributed by atoms with Crippen LogP contribution in [0.2, 0.25) is 0 Å². The minimum Gasteiger partial charge on any atom is -0.396 e. The van der Waals surface area contributed by atoms with Crippen LogP contribution in [0.5, 0.6) is 0 Å². The number of aromatic nitrogens is 1. The Labute approximate surface area is 113 Å². The van der Waals surface area contributed by atoms with E-state index in [0.717, 1.165) is 19.3 Å². The Bertz CT molecular complexity index is 408. The third kappa shape index (κ3) is 3.23. The van der Waals surface area contributed by atoms with E-state index < -0.39 is 0 Å². The van der Waals surface area contributed by atoms with Gasteiger partial charge < -0.3 is 10.0 Å². The van der Waals surface area contributed by atoms with Crippen LogP contribution in [0.3, 0.4) is 0 Å². The number of aliphatic hydroxyl groups is 1. The summed E-state index contributed by atoms with van der Waals surface area (Å²) in [5, 5.41) is 12.3. The van der Waals surface area contributed by atoms with Gasteiger partial charge in [-0.15, -0.1) is 0 Å². The minimum atomic E-state index is -0.110. The number of hydrogen-bond donors (Lipinski definition) is 2. The molecule has 1 aromatic heterocycles. The highest BCUT2D eigenvalue weighted by molar-refractivity contribution is 5.88. The highest BCUT2D eigenvalue weighted by Gasteiger charge is 2.33. The van der Waals surface area contributed by atoms with Gasteiger partial charge in [-0.1, -0.05) is 13.0 Å². The zero-order valence-electron chi connectivity index (χ0n) is 11.3. The number of aliphatic hydroxyl groups excluding tert-OH is 1. The average Bonchev–Trinajstić information content (AvgIpc) is 2.48. The molecule has 1 aromatic rings. The van der Waals surface area contributed by atoms with Crippen LogP contribution >= 0.6 is 0 Å². The molecule has 19 heavy (non-hydrogen) atoms. The van der Waals surface area contributed by atoms with Crippen LogP contribution in [0.25, 0.3) is 0 Å². The van der Waals surface area contributed by atoms with Crippen molar-refractivity contribution in [3.8, 4) is 0 Å². The lowest BCUT2D eigenvalue weighted by atomic mass is 9.77. The lowest BCUT2D eigenvalue weighted by Crippen LogP contribution is -2.46. The van der Waals surface area contributed by atoms with Gasteiger partial charge in [0.05, 0.1) is 0 Å². The van der Waals surface area contributed by atoms with Gasteiger partial charge in [-0.3, -0.25) is 5.32 Å². The molecule has 0 aromatic carbocycles. The van der Waals surface area contributed by atoms with Crippen molar-refractivity contribution in [3.05, 3.63) is 24.4 Å². The molecule has 5 heteroatoms. The second kappa shape index (κ2) is 6.02. The van der Waals surface area contributed by atoms with Gasteiger partial charge >= 0.3 is 6.03 Å². The van der Waals surface area contributed by atoms with E-state index in [9.17, 15) is 9.90 Å². The van der Waals surface area contributed by atoms with E-state index in [1.165, 1.54) is 0 Å². The van der Waals surface area contributed by atoms with E-state index in [4.69, 9.17) is 0 Å².